The number of nitrogens with zero attached hydrogens (tertiary/aromatic N) is 2. The van der Waals surface area contributed by atoms with Gasteiger partial charge in [-0.1, -0.05) is 12.1 Å². The van der Waals surface area contributed by atoms with E-state index in [9.17, 15) is 4.79 Å². The first-order valence-electron chi connectivity index (χ1n) is 9.67. The summed E-state index contributed by atoms with van der Waals surface area (Å²) in [7, 11) is 1.63. The normalized spacial score (nSPS) is 15.4. The van der Waals surface area contributed by atoms with Crippen LogP contribution in [-0.2, 0) is 11.3 Å². The predicted octanol–water partition coefficient (Wildman–Crippen LogP) is 3.28. The fourth-order valence-electron chi connectivity index (χ4n) is 3.91. The smallest absolute Gasteiger partial charge is 0.197 e. The molecule has 0 amide bonds. The number of unbranched alkanes of at least 4 members (excludes halogenated alkanes) is 1. The maximum absolute atomic E-state index is 13.0. The summed E-state index contributed by atoms with van der Waals surface area (Å²) in [6.07, 6.45) is 2.21. The minimum atomic E-state index is 0.0732. The van der Waals surface area contributed by atoms with Gasteiger partial charge in [0.25, 0.3) is 0 Å². The quantitative estimate of drug-likeness (QED) is 0.496. The lowest BCUT2D eigenvalue weighted by atomic mass is 10.1. The van der Waals surface area contributed by atoms with Crippen LogP contribution in [0.1, 0.15) is 12.8 Å². The van der Waals surface area contributed by atoms with Gasteiger partial charge in [-0.05, 0) is 49.7 Å². The predicted molar refractivity (Wildman–Crippen MR) is 109 cm³/mol. The topological polar surface area (TPSA) is 43.7 Å². The molecule has 5 nitrogen and oxygen atoms in total. The van der Waals surface area contributed by atoms with Gasteiger partial charge in [-0.3, -0.25) is 9.69 Å². The Morgan fingerprint density at radius 1 is 0.963 bits per heavy atom. The van der Waals surface area contributed by atoms with E-state index in [0.717, 1.165) is 74.0 Å². The van der Waals surface area contributed by atoms with E-state index in [4.69, 9.17) is 9.47 Å². The largest absolute Gasteiger partial charge is 0.497 e. The van der Waals surface area contributed by atoms with Crippen molar-refractivity contribution in [3.63, 3.8) is 0 Å². The Bertz CT molecular complexity index is 990. The molecule has 0 atom stereocenters. The van der Waals surface area contributed by atoms with Crippen molar-refractivity contribution in [2.45, 2.75) is 19.4 Å². The summed E-state index contributed by atoms with van der Waals surface area (Å²) in [6.45, 7) is 5.75. The number of fused-ring (bicyclic) bond motifs is 2. The van der Waals surface area contributed by atoms with Crippen LogP contribution in [0, 0.1) is 0 Å². The van der Waals surface area contributed by atoms with Gasteiger partial charge in [0.1, 0.15) is 5.75 Å². The van der Waals surface area contributed by atoms with E-state index < -0.39 is 0 Å². The van der Waals surface area contributed by atoms with Crippen molar-refractivity contribution in [1.82, 2.24) is 9.47 Å². The second kappa shape index (κ2) is 8.11. The number of para-hydroxylation sites is 1. The Morgan fingerprint density at radius 3 is 2.52 bits per heavy atom. The van der Waals surface area contributed by atoms with Gasteiger partial charge < -0.3 is 14.0 Å². The molecule has 5 heteroatoms. The molecule has 0 saturated carbocycles. The van der Waals surface area contributed by atoms with E-state index in [-0.39, 0.29) is 5.43 Å². The molecule has 0 unspecified atom stereocenters. The summed E-state index contributed by atoms with van der Waals surface area (Å²) in [6, 6.07) is 13.7. The molecule has 1 aliphatic heterocycles. The van der Waals surface area contributed by atoms with Crippen LogP contribution >= 0.6 is 0 Å². The molecule has 2 aromatic carbocycles. The molecule has 1 saturated heterocycles. The van der Waals surface area contributed by atoms with E-state index in [0.29, 0.717) is 5.75 Å². The van der Waals surface area contributed by atoms with Crippen molar-refractivity contribution in [3.8, 4) is 5.75 Å². The van der Waals surface area contributed by atoms with Gasteiger partial charge in [0.15, 0.2) is 5.43 Å². The molecule has 4 rings (SSSR count). The van der Waals surface area contributed by atoms with Crippen LogP contribution in [0.25, 0.3) is 21.8 Å². The minimum absolute atomic E-state index is 0.0732. The summed E-state index contributed by atoms with van der Waals surface area (Å²) in [5, 5.41) is 1.49. The van der Waals surface area contributed by atoms with Crippen LogP contribution in [0.5, 0.6) is 5.75 Å². The average molecular weight is 366 g/mol. The van der Waals surface area contributed by atoms with Gasteiger partial charge in [-0.15, -0.1) is 0 Å². The summed E-state index contributed by atoms with van der Waals surface area (Å²) in [4.78, 5) is 15.4. The highest BCUT2D eigenvalue weighted by Crippen LogP contribution is 2.23. The number of morpholine rings is 1. The fourth-order valence-corrected chi connectivity index (χ4v) is 3.91. The molecule has 142 valence electrons. The molecule has 0 spiro atoms. The zero-order valence-corrected chi connectivity index (χ0v) is 15.8. The van der Waals surface area contributed by atoms with Gasteiger partial charge >= 0.3 is 0 Å². The van der Waals surface area contributed by atoms with Crippen molar-refractivity contribution in [3.05, 3.63) is 52.7 Å². The van der Waals surface area contributed by atoms with Crippen LogP contribution in [0.2, 0.25) is 0 Å². The summed E-state index contributed by atoms with van der Waals surface area (Å²) in [5.41, 5.74) is 2.06. The number of pyridine rings is 1. The van der Waals surface area contributed by atoms with E-state index in [1.54, 1.807) is 7.11 Å². The SMILES string of the molecule is COc1ccc2c(c1)c(=O)c1ccccc1n2CCCCN1CCOCC1. The lowest BCUT2D eigenvalue weighted by molar-refractivity contribution is 0.0371. The number of rotatable bonds is 6. The second-order valence-electron chi connectivity index (χ2n) is 7.04. The number of aryl methyl sites for hydroxylation is 1. The Balaban J connectivity index is 1.63. The Kier molecular flexibility index (Phi) is 5.41. The fraction of sp³-hybridized carbons (Fsp3) is 0.409. The summed E-state index contributed by atoms with van der Waals surface area (Å²) >= 11 is 0. The standard InChI is InChI=1S/C22H26N2O3/c1-26-17-8-9-21-19(16-17)22(25)18-6-2-3-7-20(18)24(21)11-5-4-10-23-12-14-27-15-13-23/h2-3,6-9,16H,4-5,10-15H2,1H3. The van der Waals surface area contributed by atoms with Gasteiger partial charge in [0.05, 0.1) is 31.4 Å². The lowest BCUT2D eigenvalue weighted by Crippen LogP contribution is -2.36. The maximum atomic E-state index is 13.0. The van der Waals surface area contributed by atoms with Gasteiger partial charge in [0, 0.05) is 30.4 Å². The van der Waals surface area contributed by atoms with Crippen LogP contribution < -0.4 is 10.2 Å². The Morgan fingerprint density at radius 2 is 1.70 bits per heavy atom. The molecule has 3 aromatic rings. The third-order valence-electron chi connectivity index (χ3n) is 5.39. The third-order valence-corrected chi connectivity index (χ3v) is 5.39. The van der Waals surface area contributed by atoms with Crippen LogP contribution in [0.4, 0.5) is 0 Å². The zero-order valence-electron chi connectivity index (χ0n) is 15.8. The molecule has 1 aliphatic rings. The molecule has 2 heterocycles. The van der Waals surface area contributed by atoms with E-state index in [1.165, 1.54) is 0 Å². The highest BCUT2D eigenvalue weighted by molar-refractivity contribution is 5.94. The first kappa shape index (κ1) is 18.0. The number of methoxy groups -OCH3 is 1. The minimum Gasteiger partial charge on any atom is -0.497 e. The number of aromatic nitrogens is 1. The van der Waals surface area contributed by atoms with Gasteiger partial charge in [0.2, 0.25) is 0 Å². The molecule has 0 aliphatic carbocycles. The van der Waals surface area contributed by atoms with E-state index in [1.807, 2.05) is 42.5 Å². The second-order valence-corrected chi connectivity index (χ2v) is 7.04. The van der Waals surface area contributed by atoms with Crippen molar-refractivity contribution < 1.29 is 9.47 Å². The molecular weight excluding hydrogens is 340 g/mol. The third kappa shape index (κ3) is 3.70. The number of hydrogen-bond donors (Lipinski definition) is 0. The highest BCUT2D eigenvalue weighted by Gasteiger charge is 2.12. The molecule has 0 bridgehead atoms. The van der Waals surface area contributed by atoms with Crippen LogP contribution in [-0.4, -0.2) is 49.4 Å². The molecular formula is C22H26N2O3. The lowest BCUT2D eigenvalue weighted by Gasteiger charge is -2.26. The maximum Gasteiger partial charge on any atom is 0.197 e. The van der Waals surface area contributed by atoms with Crippen LogP contribution in [0.15, 0.2) is 47.3 Å². The average Bonchev–Trinajstić information content (AvgIpc) is 2.73. The van der Waals surface area contributed by atoms with Crippen molar-refractivity contribution in [2.75, 3.05) is 40.0 Å². The first-order chi connectivity index (χ1) is 13.3. The summed E-state index contributed by atoms with van der Waals surface area (Å²) in [5.74, 6) is 0.716. The highest BCUT2D eigenvalue weighted by atomic mass is 16.5. The van der Waals surface area contributed by atoms with Crippen molar-refractivity contribution >= 4 is 21.8 Å². The number of hydrogen-bond acceptors (Lipinski definition) is 4. The first-order valence-corrected chi connectivity index (χ1v) is 9.67. The van der Waals surface area contributed by atoms with Crippen molar-refractivity contribution in [1.29, 1.82) is 0 Å². The Hall–Kier alpha value is -2.37. The number of benzene rings is 2. The van der Waals surface area contributed by atoms with E-state index in [2.05, 4.69) is 9.47 Å². The van der Waals surface area contributed by atoms with Gasteiger partial charge in [-0.2, -0.15) is 0 Å². The molecule has 0 N–H and O–H groups in total. The van der Waals surface area contributed by atoms with E-state index >= 15 is 0 Å². The summed E-state index contributed by atoms with van der Waals surface area (Å²) < 4.78 is 13.0. The molecule has 27 heavy (non-hydrogen) atoms. The molecule has 0 radical (unpaired) electrons. The van der Waals surface area contributed by atoms with Crippen LogP contribution in [0.3, 0.4) is 0 Å². The molecule has 1 aromatic heterocycles. The number of ether oxygens (including phenoxy) is 2. The monoisotopic (exact) mass is 366 g/mol. The zero-order chi connectivity index (χ0) is 18.6. The molecule has 1 fully saturated rings. The van der Waals surface area contributed by atoms with Crippen molar-refractivity contribution in [2.24, 2.45) is 0 Å². The Labute approximate surface area is 159 Å². The van der Waals surface area contributed by atoms with Gasteiger partial charge in [-0.25, -0.2) is 0 Å².